The second-order valence-corrected chi connectivity index (χ2v) is 8.33. The first kappa shape index (κ1) is 24.6. The smallest absolute Gasteiger partial charge is 0.344 e. The molecule has 1 aromatic heterocycles. The number of amides is 1. The van der Waals surface area contributed by atoms with Gasteiger partial charge in [-0.3, -0.25) is 14.8 Å². The van der Waals surface area contributed by atoms with E-state index in [2.05, 4.69) is 20.6 Å². The van der Waals surface area contributed by atoms with E-state index in [9.17, 15) is 9.36 Å². The van der Waals surface area contributed by atoms with E-state index in [1.807, 2.05) is 0 Å². The maximum Gasteiger partial charge on any atom is 0.344 e. The zero-order valence-electron chi connectivity index (χ0n) is 14.6. The first-order valence-corrected chi connectivity index (χ1v) is 10.1. The molecule has 0 saturated heterocycles. The molecule has 150 valence electrons. The van der Waals surface area contributed by atoms with E-state index in [1.165, 1.54) is 28.5 Å². The number of aromatic amines is 1. The second-order valence-electron chi connectivity index (χ2n) is 5.62. The maximum atomic E-state index is 11.9. The summed E-state index contributed by atoms with van der Waals surface area (Å²) in [7, 11) is -2.63. The number of aromatic nitrogens is 4. The quantitative estimate of drug-likeness (QED) is 0.140. The highest BCUT2D eigenvalue weighted by atomic mass is 35.5. The number of nitrogens with one attached hydrogen (secondary N) is 2. The average molecular weight is 431 g/mol. The van der Waals surface area contributed by atoms with Gasteiger partial charge in [0.15, 0.2) is 0 Å². The molecule has 0 radical (unpaired) electrons. The molecule has 0 aromatic carbocycles. The lowest BCUT2D eigenvalue weighted by Gasteiger charge is -2.35. The third-order valence-electron chi connectivity index (χ3n) is 3.62. The van der Waals surface area contributed by atoms with Crippen molar-refractivity contribution in [3.05, 3.63) is 0 Å². The highest BCUT2D eigenvalue weighted by Gasteiger charge is 2.37. The molecule has 0 unspecified atom stereocenters. The Kier molecular flexibility index (Phi) is 9.53. The number of tetrazole rings is 1. The fraction of sp³-hybridized carbons (Fsp3) is 0.727. The molecule has 0 aliphatic heterocycles. The molecule has 1 rings (SSSR count). The van der Waals surface area contributed by atoms with Crippen LogP contribution in [0.5, 0.6) is 0 Å². The molecule has 15 heteroatoms. The van der Waals surface area contributed by atoms with Crippen molar-refractivity contribution in [2.75, 3.05) is 36.3 Å². The van der Waals surface area contributed by atoms with Gasteiger partial charge >= 0.3 is 7.60 Å². The fourth-order valence-corrected chi connectivity index (χ4v) is 3.89. The predicted molar refractivity (Wildman–Crippen MR) is 102 cm³/mol. The molecule has 0 aliphatic rings. The third-order valence-corrected chi connectivity index (χ3v) is 5.57. The van der Waals surface area contributed by atoms with Crippen molar-refractivity contribution in [1.29, 1.82) is 5.41 Å². The summed E-state index contributed by atoms with van der Waals surface area (Å²) in [5, 5.41) is 21.0. The van der Waals surface area contributed by atoms with Crippen LogP contribution in [-0.2, 0) is 9.36 Å². The third kappa shape index (κ3) is 7.08. The van der Waals surface area contributed by atoms with E-state index in [0.29, 0.717) is 11.5 Å². The predicted octanol–water partition coefficient (Wildman–Crippen LogP) is -0.531. The summed E-state index contributed by atoms with van der Waals surface area (Å²) in [5.41, 5.74) is 4.44. The summed E-state index contributed by atoms with van der Waals surface area (Å²) in [6, 6.07) is 0. The minimum atomic E-state index is -4.25. The van der Waals surface area contributed by atoms with Crippen molar-refractivity contribution in [2.45, 2.75) is 19.4 Å². The summed E-state index contributed by atoms with van der Waals surface area (Å²) in [6.45, 7) is 3.36. The molecular weight excluding hydrogens is 407 g/mol. The number of H-pyrrole nitrogens is 1. The number of carbonyl (C=O) groups is 1. The Morgan fingerprint density at radius 3 is 2.54 bits per heavy atom. The largest absolute Gasteiger partial charge is 0.368 e. The number of primary amides is 1. The van der Waals surface area contributed by atoms with Gasteiger partial charge in [0.25, 0.3) is 5.95 Å². The zero-order valence-corrected chi connectivity index (χ0v) is 17.1. The van der Waals surface area contributed by atoms with Gasteiger partial charge < -0.3 is 25.3 Å². The molecule has 6 N–H and O–H groups in total. The average Bonchev–Trinajstić information content (AvgIpc) is 3.01. The van der Waals surface area contributed by atoms with Gasteiger partial charge in [0.05, 0.1) is 5.84 Å². The SMILES string of the molecule is CC(=N)N(CCSC[C@@](C)(C(N)=O)N(C)c1nn[nH]n1)CP(=O)(O)O.Cl. The minimum absolute atomic E-state index is 0. The van der Waals surface area contributed by atoms with E-state index in [4.69, 9.17) is 20.9 Å². The van der Waals surface area contributed by atoms with Crippen LogP contribution in [0.15, 0.2) is 0 Å². The van der Waals surface area contributed by atoms with E-state index in [1.54, 1.807) is 14.0 Å². The molecule has 0 saturated carbocycles. The van der Waals surface area contributed by atoms with Crippen molar-refractivity contribution in [3.8, 4) is 0 Å². The fourth-order valence-electron chi connectivity index (χ4n) is 1.87. The molecule has 0 spiro atoms. The molecule has 1 aromatic rings. The number of halogens is 1. The number of anilines is 1. The molecule has 12 nitrogen and oxygen atoms in total. The van der Waals surface area contributed by atoms with Gasteiger partial charge in [0, 0.05) is 25.1 Å². The Morgan fingerprint density at radius 2 is 2.12 bits per heavy atom. The first-order chi connectivity index (χ1) is 11.5. The number of likely N-dealkylation sites (N-methyl/N-ethyl adjacent to an activating group) is 1. The van der Waals surface area contributed by atoms with Gasteiger partial charge in [-0.15, -0.1) is 17.5 Å². The highest BCUT2D eigenvalue weighted by Crippen LogP contribution is 2.35. The normalized spacial score (nSPS) is 13.4. The van der Waals surface area contributed by atoms with Crippen LogP contribution in [0.25, 0.3) is 0 Å². The number of nitrogens with zero attached hydrogens (tertiary/aromatic N) is 5. The van der Waals surface area contributed by atoms with Crippen molar-refractivity contribution in [3.63, 3.8) is 0 Å². The van der Waals surface area contributed by atoms with Crippen LogP contribution >= 0.6 is 31.8 Å². The zero-order chi connectivity index (χ0) is 19.3. The monoisotopic (exact) mass is 430 g/mol. The molecule has 0 fully saturated rings. The van der Waals surface area contributed by atoms with Gasteiger partial charge in [0.2, 0.25) is 5.91 Å². The van der Waals surface area contributed by atoms with E-state index in [-0.39, 0.29) is 30.7 Å². The Morgan fingerprint density at radius 1 is 1.50 bits per heavy atom. The second kappa shape index (κ2) is 10.1. The van der Waals surface area contributed by atoms with Crippen LogP contribution < -0.4 is 10.6 Å². The van der Waals surface area contributed by atoms with Gasteiger partial charge in [-0.1, -0.05) is 5.10 Å². The summed E-state index contributed by atoms with van der Waals surface area (Å²) in [5.74, 6) is 0.460. The molecule has 1 heterocycles. The Labute approximate surface area is 161 Å². The molecule has 0 bridgehead atoms. The number of amidine groups is 1. The summed E-state index contributed by atoms with van der Waals surface area (Å²) >= 11 is 1.37. The number of rotatable bonds is 10. The van der Waals surface area contributed by atoms with E-state index >= 15 is 0 Å². The number of thioether (sulfide) groups is 1. The van der Waals surface area contributed by atoms with Crippen LogP contribution in [0.3, 0.4) is 0 Å². The lowest BCUT2D eigenvalue weighted by atomic mass is 10.0. The number of hydrogen-bond acceptors (Lipinski definition) is 8. The van der Waals surface area contributed by atoms with Gasteiger partial charge in [-0.05, 0) is 19.1 Å². The summed E-state index contributed by atoms with van der Waals surface area (Å²) in [6.07, 6.45) is -0.515. The molecular formula is C11H24ClN8O4PS. The van der Waals surface area contributed by atoms with Gasteiger partial charge in [-0.2, -0.15) is 17.0 Å². The van der Waals surface area contributed by atoms with Crippen molar-refractivity contribution < 1.29 is 19.1 Å². The lowest BCUT2D eigenvalue weighted by molar-refractivity contribution is -0.121. The Hall–Kier alpha value is -1.40. The summed E-state index contributed by atoms with van der Waals surface area (Å²) < 4.78 is 11.1. The van der Waals surface area contributed by atoms with Crippen LogP contribution in [0.2, 0.25) is 0 Å². The Bertz CT molecular complexity index is 644. The molecule has 0 aliphatic carbocycles. The standard InChI is InChI=1S/C11H23N8O4PS.ClH/c1-8(12)19(7-24(21,22)23)4-5-25-6-11(2,9(13)20)18(3)10-14-16-17-15-10;/h12H,4-7H2,1-3H3,(H2,13,20)(H2,21,22,23)(H,14,15,16,17);1H/t11-;/m0./s1. The lowest BCUT2D eigenvalue weighted by Crippen LogP contribution is -2.56. The Balaban J connectivity index is 0.00000625. The molecule has 1 atom stereocenters. The number of hydrogen-bond donors (Lipinski definition) is 5. The van der Waals surface area contributed by atoms with E-state index in [0.717, 1.165) is 0 Å². The van der Waals surface area contributed by atoms with Crippen molar-refractivity contribution >= 4 is 49.5 Å². The minimum Gasteiger partial charge on any atom is -0.368 e. The van der Waals surface area contributed by atoms with Crippen LogP contribution in [0.4, 0.5) is 5.95 Å². The maximum absolute atomic E-state index is 11.9. The topological polar surface area (TPSA) is 185 Å². The van der Waals surface area contributed by atoms with Crippen LogP contribution in [0, 0.1) is 5.41 Å². The highest BCUT2D eigenvalue weighted by molar-refractivity contribution is 7.99. The molecule has 26 heavy (non-hydrogen) atoms. The van der Waals surface area contributed by atoms with Crippen LogP contribution in [0.1, 0.15) is 13.8 Å². The number of nitrogens with two attached hydrogens (primary N) is 1. The van der Waals surface area contributed by atoms with Crippen LogP contribution in [-0.4, -0.2) is 84.0 Å². The number of carbonyl (C=O) groups excluding carboxylic acids is 1. The van der Waals surface area contributed by atoms with Gasteiger partial charge in [-0.25, -0.2) is 0 Å². The first-order valence-electron chi connectivity index (χ1n) is 7.17. The molecule has 1 amide bonds. The van der Waals surface area contributed by atoms with Crippen molar-refractivity contribution in [2.24, 2.45) is 5.73 Å². The van der Waals surface area contributed by atoms with E-state index < -0.39 is 25.3 Å². The summed E-state index contributed by atoms with van der Waals surface area (Å²) in [4.78, 5) is 32.8. The van der Waals surface area contributed by atoms with Crippen molar-refractivity contribution in [1.82, 2.24) is 25.5 Å². The van der Waals surface area contributed by atoms with Gasteiger partial charge in [0.1, 0.15) is 11.8 Å².